The second-order valence-electron chi connectivity index (χ2n) is 4.48. The molecule has 2 aromatic rings. The third kappa shape index (κ3) is 4.33. The first-order valence-electron chi connectivity index (χ1n) is 6.32. The van der Waals surface area contributed by atoms with Crippen molar-refractivity contribution in [2.24, 2.45) is 0 Å². The molecule has 0 aliphatic rings. The van der Waals surface area contributed by atoms with Crippen LogP contribution >= 0.6 is 11.6 Å². The van der Waals surface area contributed by atoms with Crippen molar-refractivity contribution in [2.75, 3.05) is 11.9 Å². The minimum Gasteiger partial charge on any atom is -0.484 e. The molecule has 0 atom stereocenters. The van der Waals surface area contributed by atoms with E-state index in [9.17, 15) is 9.59 Å². The summed E-state index contributed by atoms with van der Waals surface area (Å²) in [5.41, 5.74) is 2.14. The molecule has 5 heteroatoms. The summed E-state index contributed by atoms with van der Waals surface area (Å²) in [7, 11) is 0. The summed E-state index contributed by atoms with van der Waals surface area (Å²) in [5.74, 6) is 0.267. The summed E-state index contributed by atoms with van der Waals surface area (Å²) in [6, 6.07) is 11.8. The van der Waals surface area contributed by atoms with Crippen LogP contribution in [-0.2, 0) is 4.79 Å². The molecular weight excluding hydrogens is 290 g/mol. The summed E-state index contributed by atoms with van der Waals surface area (Å²) < 4.78 is 5.35. The van der Waals surface area contributed by atoms with Gasteiger partial charge in [-0.3, -0.25) is 9.59 Å². The van der Waals surface area contributed by atoms with E-state index in [-0.39, 0.29) is 12.5 Å². The quantitative estimate of drug-likeness (QED) is 0.860. The predicted molar refractivity (Wildman–Crippen MR) is 82.1 cm³/mol. The van der Waals surface area contributed by atoms with Crippen LogP contribution in [-0.4, -0.2) is 18.8 Å². The van der Waals surface area contributed by atoms with Crippen LogP contribution in [0.2, 0.25) is 5.02 Å². The molecule has 108 valence electrons. The van der Waals surface area contributed by atoms with Crippen LogP contribution in [0.3, 0.4) is 0 Å². The van der Waals surface area contributed by atoms with E-state index in [1.807, 2.05) is 6.92 Å². The Morgan fingerprint density at radius 2 is 1.95 bits per heavy atom. The lowest BCUT2D eigenvalue weighted by atomic mass is 10.2. The van der Waals surface area contributed by atoms with Crippen LogP contribution < -0.4 is 10.1 Å². The number of hydrogen-bond donors (Lipinski definition) is 1. The maximum atomic E-state index is 11.8. The molecule has 0 bridgehead atoms. The Morgan fingerprint density at radius 3 is 2.57 bits per heavy atom. The fraction of sp³-hybridized carbons (Fsp3) is 0.125. The fourth-order valence-corrected chi connectivity index (χ4v) is 1.97. The smallest absolute Gasteiger partial charge is 0.262 e. The molecule has 0 saturated heterocycles. The molecule has 0 heterocycles. The number of amides is 1. The van der Waals surface area contributed by atoms with Crippen LogP contribution in [0.5, 0.6) is 5.75 Å². The van der Waals surface area contributed by atoms with Gasteiger partial charge in [0.25, 0.3) is 5.91 Å². The Morgan fingerprint density at radius 1 is 1.24 bits per heavy atom. The Hall–Kier alpha value is -2.33. The van der Waals surface area contributed by atoms with Crippen molar-refractivity contribution >= 4 is 29.5 Å². The van der Waals surface area contributed by atoms with Crippen molar-refractivity contribution < 1.29 is 14.3 Å². The average Bonchev–Trinajstić information content (AvgIpc) is 2.48. The molecule has 2 aromatic carbocycles. The number of rotatable bonds is 5. The number of benzene rings is 2. The number of aldehydes is 1. The predicted octanol–water partition coefficient (Wildman–Crippen LogP) is 3.48. The van der Waals surface area contributed by atoms with Crippen molar-refractivity contribution in [3.63, 3.8) is 0 Å². The van der Waals surface area contributed by atoms with Gasteiger partial charge in [0.15, 0.2) is 6.61 Å². The summed E-state index contributed by atoms with van der Waals surface area (Å²) in [6.07, 6.45) is 0.750. The number of carbonyl (C=O) groups is 2. The molecule has 0 unspecified atom stereocenters. The van der Waals surface area contributed by atoms with Crippen LogP contribution in [0.25, 0.3) is 0 Å². The van der Waals surface area contributed by atoms with E-state index in [0.29, 0.717) is 22.0 Å². The van der Waals surface area contributed by atoms with E-state index in [1.165, 1.54) is 0 Å². The van der Waals surface area contributed by atoms with Crippen LogP contribution in [0.1, 0.15) is 15.9 Å². The Kier molecular flexibility index (Phi) is 4.95. The Balaban J connectivity index is 1.90. The second-order valence-corrected chi connectivity index (χ2v) is 4.92. The van der Waals surface area contributed by atoms with E-state index in [0.717, 1.165) is 11.8 Å². The third-order valence-electron chi connectivity index (χ3n) is 2.85. The zero-order valence-electron chi connectivity index (χ0n) is 11.4. The lowest BCUT2D eigenvalue weighted by Gasteiger charge is -2.10. The van der Waals surface area contributed by atoms with Crippen molar-refractivity contribution in [3.05, 3.63) is 58.6 Å². The number of hydrogen-bond acceptors (Lipinski definition) is 3. The van der Waals surface area contributed by atoms with Gasteiger partial charge in [-0.05, 0) is 55.0 Å². The molecular formula is C16H14ClNO3. The zero-order chi connectivity index (χ0) is 15.2. The van der Waals surface area contributed by atoms with Gasteiger partial charge in [0.2, 0.25) is 0 Å². The third-order valence-corrected chi connectivity index (χ3v) is 3.08. The first-order valence-corrected chi connectivity index (χ1v) is 6.70. The molecule has 4 nitrogen and oxygen atoms in total. The number of ether oxygens (including phenoxy) is 1. The fourth-order valence-electron chi connectivity index (χ4n) is 1.75. The van der Waals surface area contributed by atoms with Gasteiger partial charge < -0.3 is 10.1 Å². The van der Waals surface area contributed by atoms with Gasteiger partial charge in [-0.1, -0.05) is 11.6 Å². The maximum Gasteiger partial charge on any atom is 0.262 e. The molecule has 0 aliphatic carbocycles. The minimum atomic E-state index is -0.264. The van der Waals surface area contributed by atoms with E-state index in [1.54, 1.807) is 42.5 Å². The molecule has 0 aromatic heterocycles. The molecule has 0 saturated carbocycles. The molecule has 1 N–H and O–H groups in total. The van der Waals surface area contributed by atoms with Gasteiger partial charge in [0.05, 0.1) is 0 Å². The van der Waals surface area contributed by atoms with Crippen molar-refractivity contribution in [3.8, 4) is 5.75 Å². The lowest BCUT2D eigenvalue weighted by molar-refractivity contribution is -0.118. The summed E-state index contributed by atoms with van der Waals surface area (Å²) in [6.45, 7) is 1.75. The monoisotopic (exact) mass is 303 g/mol. The molecule has 21 heavy (non-hydrogen) atoms. The maximum absolute atomic E-state index is 11.8. The molecule has 0 fully saturated rings. The highest BCUT2D eigenvalue weighted by atomic mass is 35.5. The zero-order valence-corrected chi connectivity index (χ0v) is 12.2. The largest absolute Gasteiger partial charge is 0.484 e. The van der Waals surface area contributed by atoms with E-state index in [4.69, 9.17) is 16.3 Å². The number of anilines is 1. The van der Waals surface area contributed by atoms with Crippen molar-refractivity contribution in [2.45, 2.75) is 6.92 Å². The van der Waals surface area contributed by atoms with Crippen LogP contribution in [0.15, 0.2) is 42.5 Å². The summed E-state index contributed by atoms with van der Waals surface area (Å²) in [4.78, 5) is 22.3. The number of aryl methyl sites for hydroxylation is 1. The highest BCUT2D eigenvalue weighted by Gasteiger charge is 2.06. The highest BCUT2D eigenvalue weighted by molar-refractivity contribution is 6.30. The van der Waals surface area contributed by atoms with Crippen LogP contribution in [0.4, 0.5) is 5.69 Å². The highest BCUT2D eigenvalue weighted by Crippen LogP contribution is 2.19. The first kappa shape index (κ1) is 15.1. The van der Waals surface area contributed by atoms with Crippen LogP contribution in [0, 0.1) is 6.92 Å². The standard InChI is InChI=1S/C16H14ClNO3/c1-11-8-13(17)4-7-15(11)18-16(20)10-21-14-5-2-12(9-19)3-6-14/h2-9H,10H2,1H3,(H,18,20). The molecule has 2 rings (SSSR count). The molecule has 0 radical (unpaired) electrons. The van der Waals surface area contributed by atoms with E-state index >= 15 is 0 Å². The number of halogens is 1. The number of nitrogens with one attached hydrogen (secondary N) is 1. The second kappa shape index (κ2) is 6.90. The Labute approximate surface area is 127 Å². The summed E-state index contributed by atoms with van der Waals surface area (Å²) in [5, 5.41) is 3.37. The van der Waals surface area contributed by atoms with Gasteiger partial charge in [-0.25, -0.2) is 0 Å². The SMILES string of the molecule is Cc1cc(Cl)ccc1NC(=O)COc1ccc(C=O)cc1. The molecule has 1 amide bonds. The van der Waals surface area contributed by atoms with Gasteiger partial charge in [0, 0.05) is 16.3 Å². The average molecular weight is 304 g/mol. The normalized spacial score (nSPS) is 10.0. The lowest BCUT2D eigenvalue weighted by Crippen LogP contribution is -2.20. The molecule has 0 aliphatic heterocycles. The van der Waals surface area contributed by atoms with E-state index in [2.05, 4.69) is 5.32 Å². The number of carbonyl (C=O) groups excluding carboxylic acids is 2. The van der Waals surface area contributed by atoms with Crippen molar-refractivity contribution in [1.29, 1.82) is 0 Å². The first-order chi connectivity index (χ1) is 10.1. The van der Waals surface area contributed by atoms with Gasteiger partial charge in [0.1, 0.15) is 12.0 Å². The molecule has 0 spiro atoms. The Bertz CT molecular complexity index is 653. The topological polar surface area (TPSA) is 55.4 Å². The minimum absolute atomic E-state index is 0.109. The van der Waals surface area contributed by atoms with Gasteiger partial charge in [-0.2, -0.15) is 0 Å². The van der Waals surface area contributed by atoms with E-state index < -0.39 is 0 Å². The summed E-state index contributed by atoms with van der Waals surface area (Å²) >= 11 is 5.86. The van der Waals surface area contributed by atoms with Gasteiger partial charge in [-0.15, -0.1) is 0 Å². The van der Waals surface area contributed by atoms with Crippen molar-refractivity contribution in [1.82, 2.24) is 0 Å². The van der Waals surface area contributed by atoms with Gasteiger partial charge >= 0.3 is 0 Å².